The second-order valence-corrected chi connectivity index (χ2v) is 6.30. The first-order valence-electron chi connectivity index (χ1n) is 8.49. The number of carbonyl (C=O) groups excluding carboxylic acids is 2. The zero-order chi connectivity index (χ0) is 16.7. The molecule has 1 atom stereocenters. The smallest absolute Gasteiger partial charge is 0.224 e. The molecule has 5 nitrogen and oxygen atoms in total. The molecule has 1 aromatic carbocycles. The van der Waals surface area contributed by atoms with E-state index in [-0.39, 0.29) is 11.8 Å². The van der Waals surface area contributed by atoms with Crippen LogP contribution in [0.15, 0.2) is 24.3 Å². The van der Waals surface area contributed by atoms with Gasteiger partial charge in [-0.15, -0.1) is 0 Å². The molecule has 0 bridgehead atoms. The molecule has 2 amide bonds. The van der Waals surface area contributed by atoms with Gasteiger partial charge < -0.3 is 16.0 Å². The predicted octanol–water partition coefficient (Wildman–Crippen LogP) is 3.00. The highest BCUT2D eigenvalue weighted by atomic mass is 16.2. The molecule has 5 heteroatoms. The van der Waals surface area contributed by atoms with Crippen LogP contribution in [0.25, 0.3) is 0 Å². The molecule has 0 spiro atoms. The SMILES string of the molecule is CCC(=O)Nc1ccc(NC(=O)CC(C)C2CCNCC2)cc1. The van der Waals surface area contributed by atoms with Gasteiger partial charge in [-0.2, -0.15) is 0 Å². The molecule has 0 aliphatic carbocycles. The summed E-state index contributed by atoms with van der Waals surface area (Å²) in [5, 5.41) is 9.08. The van der Waals surface area contributed by atoms with Crippen LogP contribution in [0.2, 0.25) is 0 Å². The number of benzene rings is 1. The standard InChI is InChI=1S/C18H27N3O2/c1-3-17(22)20-15-4-6-16(7-5-15)21-18(23)12-13(2)14-8-10-19-11-9-14/h4-7,13-14,19H,3,8-12H2,1-2H3,(H,20,22)(H,21,23). The molecule has 0 aromatic heterocycles. The van der Waals surface area contributed by atoms with Crippen molar-refractivity contribution in [1.82, 2.24) is 5.32 Å². The number of nitrogens with one attached hydrogen (secondary N) is 3. The predicted molar refractivity (Wildman–Crippen MR) is 93.4 cm³/mol. The van der Waals surface area contributed by atoms with Crippen molar-refractivity contribution >= 4 is 23.2 Å². The van der Waals surface area contributed by atoms with Crippen LogP contribution < -0.4 is 16.0 Å². The molecule has 126 valence electrons. The van der Waals surface area contributed by atoms with E-state index in [4.69, 9.17) is 0 Å². The lowest BCUT2D eigenvalue weighted by Crippen LogP contribution is -2.32. The number of piperidine rings is 1. The molecule has 1 unspecified atom stereocenters. The molecule has 1 aliphatic heterocycles. The van der Waals surface area contributed by atoms with E-state index >= 15 is 0 Å². The molecular weight excluding hydrogens is 290 g/mol. The first-order chi connectivity index (χ1) is 11.1. The summed E-state index contributed by atoms with van der Waals surface area (Å²) < 4.78 is 0. The molecule has 0 radical (unpaired) electrons. The maximum absolute atomic E-state index is 12.2. The van der Waals surface area contributed by atoms with Crippen molar-refractivity contribution in [1.29, 1.82) is 0 Å². The van der Waals surface area contributed by atoms with Crippen LogP contribution in [0.3, 0.4) is 0 Å². The summed E-state index contributed by atoms with van der Waals surface area (Å²) in [6.07, 6.45) is 3.31. The van der Waals surface area contributed by atoms with Crippen molar-refractivity contribution in [3.8, 4) is 0 Å². The molecule has 1 fully saturated rings. The number of rotatable bonds is 6. The first-order valence-corrected chi connectivity index (χ1v) is 8.49. The minimum atomic E-state index is -0.0161. The quantitative estimate of drug-likeness (QED) is 0.755. The van der Waals surface area contributed by atoms with Crippen LogP contribution in [-0.2, 0) is 9.59 Å². The molecule has 2 rings (SSSR count). The number of amides is 2. The van der Waals surface area contributed by atoms with E-state index in [1.54, 1.807) is 12.1 Å². The summed E-state index contributed by atoms with van der Waals surface area (Å²) in [4.78, 5) is 23.5. The van der Waals surface area contributed by atoms with Crippen molar-refractivity contribution < 1.29 is 9.59 Å². The molecule has 1 aromatic rings. The van der Waals surface area contributed by atoms with Gasteiger partial charge in [-0.3, -0.25) is 9.59 Å². The molecule has 0 saturated carbocycles. The molecular formula is C18H27N3O2. The van der Waals surface area contributed by atoms with E-state index in [0.717, 1.165) is 37.3 Å². The Morgan fingerprint density at radius 1 is 1.09 bits per heavy atom. The van der Waals surface area contributed by atoms with Gasteiger partial charge in [-0.05, 0) is 62.0 Å². The van der Waals surface area contributed by atoms with E-state index < -0.39 is 0 Å². The van der Waals surface area contributed by atoms with E-state index in [9.17, 15) is 9.59 Å². The Kier molecular flexibility index (Phi) is 6.59. The summed E-state index contributed by atoms with van der Waals surface area (Å²) in [6, 6.07) is 7.25. The van der Waals surface area contributed by atoms with Gasteiger partial charge >= 0.3 is 0 Å². The lowest BCUT2D eigenvalue weighted by molar-refractivity contribution is -0.117. The monoisotopic (exact) mass is 317 g/mol. The van der Waals surface area contributed by atoms with Crippen LogP contribution in [-0.4, -0.2) is 24.9 Å². The number of carbonyl (C=O) groups is 2. The number of anilines is 2. The van der Waals surface area contributed by atoms with Crippen molar-refractivity contribution in [2.75, 3.05) is 23.7 Å². The Balaban J connectivity index is 1.81. The van der Waals surface area contributed by atoms with Gasteiger partial charge in [0, 0.05) is 24.2 Å². The summed E-state index contributed by atoms with van der Waals surface area (Å²) in [5.74, 6) is 1.08. The van der Waals surface area contributed by atoms with Crippen molar-refractivity contribution in [3.05, 3.63) is 24.3 Å². The van der Waals surface area contributed by atoms with Crippen LogP contribution in [0.1, 0.15) is 39.5 Å². The maximum atomic E-state index is 12.2. The maximum Gasteiger partial charge on any atom is 0.224 e. The van der Waals surface area contributed by atoms with Crippen molar-refractivity contribution in [2.45, 2.75) is 39.5 Å². The number of hydrogen-bond donors (Lipinski definition) is 3. The highest BCUT2D eigenvalue weighted by molar-refractivity contribution is 5.92. The zero-order valence-electron chi connectivity index (χ0n) is 14.0. The van der Waals surface area contributed by atoms with Crippen LogP contribution in [0, 0.1) is 11.8 Å². The fourth-order valence-corrected chi connectivity index (χ4v) is 2.97. The van der Waals surface area contributed by atoms with Crippen LogP contribution in [0.5, 0.6) is 0 Å². The molecule has 1 aliphatic rings. The van der Waals surface area contributed by atoms with Gasteiger partial charge in [0.25, 0.3) is 0 Å². The summed E-state index contributed by atoms with van der Waals surface area (Å²) in [7, 11) is 0. The highest BCUT2D eigenvalue weighted by Gasteiger charge is 2.21. The normalized spacial score (nSPS) is 16.6. The second kappa shape index (κ2) is 8.67. The fraction of sp³-hybridized carbons (Fsp3) is 0.556. The third-order valence-electron chi connectivity index (χ3n) is 4.47. The lowest BCUT2D eigenvalue weighted by Gasteiger charge is -2.27. The van der Waals surface area contributed by atoms with E-state index in [2.05, 4.69) is 22.9 Å². The Morgan fingerprint density at radius 2 is 1.61 bits per heavy atom. The average molecular weight is 317 g/mol. The minimum absolute atomic E-state index is 0.0161. The zero-order valence-corrected chi connectivity index (χ0v) is 14.0. The third kappa shape index (κ3) is 5.67. The van der Waals surface area contributed by atoms with E-state index in [0.29, 0.717) is 24.7 Å². The third-order valence-corrected chi connectivity index (χ3v) is 4.47. The molecule has 1 heterocycles. The number of hydrogen-bond acceptors (Lipinski definition) is 3. The molecule has 23 heavy (non-hydrogen) atoms. The van der Waals surface area contributed by atoms with Crippen molar-refractivity contribution in [2.24, 2.45) is 11.8 Å². The van der Waals surface area contributed by atoms with Gasteiger partial charge in [0.1, 0.15) is 0 Å². The first kappa shape index (κ1) is 17.5. The largest absolute Gasteiger partial charge is 0.326 e. The summed E-state index contributed by atoms with van der Waals surface area (Å²) in [6.45, 7) is 6.09. The van der Waals surface area contributed by atoms with Gasteiger partial charge in [-0.1, -0.05) is 13.8 Å². The Labute approximate surface area is 138 Å². The summed E-state index contributed by atoms with van der Waals surface area (Å²) in [5.41, 5.74) is 1.51. The van der Waals surface area contributed by atoms with E-state index in [1.807, 2.05) is 19.1 Å². The van der Waals surface area contributed by atoms with Gasteiger partial charge in [-0.25, -0.2) is 0 Å². The fourth-order valence-electron chi connectivity index (χ4n) is 2.97. The Morgan fingerprint density at radius 3 is 2.13 bits per heavy atom. The average Bonchev–Trinajstić information content (AvgIpc) is 2.57. The van der Waals surface area contributed by atoms with Crippen LogP contribution in [0.4, 0.5) is 11.4 Å². The van der Waals surface area contributed by atoms with Crippen molar-refractivity contribution in [3.63, 3.8) is 0 Å². The van der Waals surface area contributed by atoms with Gasteiger partial charge in [0.2, 0.25) is 11.8 Å². The van der Waals surface area contributed by atoms with Crippen LogP contribution >= 0.6 is 0 Å². The topological polar surface area (TPSA) is 70.2 Å². The van der Waals surface area contributed by atoms with Gasteiger partial charge in [0.05, 0.1) is 0 Å². The molecule has 3 N–H and O–H groups in total. The van der Waals surface area contributed by atoms with E-state index in [1.165, 1.54) is 0 Å². The molecule has 1 saturated heterocycles. The second-order valence-electron chi connectivity index (χ2n) is 6.30. The highest BCUT2D eigenvalue weighted by Crippen LogP contribution is 2.24. The summed E-state index contributed by atoms with van der Waals surface area (Å²) >= 11 is 0. The minimum Gasteiger partial charge on any atom is -0.326 e. The lowest BCUT2D eigenvalue weighted by atomic mass is 9.84. The Hall–Kier alpha value is -1.88. The van der Waals surface area contributed by atoms with Gasteiger partial charge in [0.15, 0.2) is 0 Å². The Bertz CT molecular complexity index is 522.